The van der Waals surface area contributed by atoms with E-state index in [0.717, 1.165) is 43.7 Å². The second kappa shape index (κ2) is 9.76. The van der Waals surface area contributed by atoms with E-state index < -0.39 is 9.84 Å². The molecule has 0 atom stereocenters. The van der Waals surface area contributed by atoms with Crippen molar-refractivity contribution in [3.8, 4) is 0 Å². The van der Waals surface area contributed by atoms with Crippen LogP contribution >= 0.6 is 24.0 Å². The summed E-state index contributed by atoms with van der Waals surface area (Å²) in [6.07, 6.45) is 8.58. The number of rotatable bonds is 7. The SMILES string of the molecule is CCNC(=NCC1(CS(C)(=O)=O)CC1)N(C)CC1CCC(C)CC1.I. The Labute approximate surface area is 171 Å². The van der Waals surface area contributed by atoms with Gasteiger partial charge in [0.25, 0.3) is 0 Å². The molecule has 2 fully saturated rings. The monoisotopic (exact) mass is 485 g/mol. The van der Waals surface area contributed by atoms with E-state index in [4.69, 9.17) is 4.99 Å². The van der Waals surface area contributed by atoms with Gasteiger partial charge in [-0.25, -0.2) is 8.42 Å². The van der Waals surface area contributed by atoms with Gasteiger partial charge in [0, 0.05) is 38.4 Å². The van der Waals surface area contributed by atoms with Crippen molar-refractivity contribution >= 4 is 39.8 Å². The Kier molecular flexibility index (Phi) is 8.98. The molecule has 0 aliphatic heterocycles. The third-order valence-corrected chi connectivity index (χ3v) is 6.59. The molecular weight excluding hydrogens is 449 g/mol. The third kappa shape index (κ3) is 8.01. The fourth-order valence-corrected chi connectivity index (χ4v) is 5.27. The largest absolute Gasteiger partial charge is 0.357 e. The van der Waals surface area contributed by atoms with Gasteiger partial charge in [0.15, 0.2) is 5.96 Å². The van der Waals surface area contributed by atoms with Crippen LogP contribution in [0.5, 0.6) is 0 Å². The lowest BCUT2D eigenvalue weighted by Crippen LogP contribution is -2.42. The van der Waals surface area contributed by atoms with Gasteiger partial charge in [0.1, 0.15) is 9.84 Å². The maximum absolute atomic E-state index is 11.6. The summed E-state index contributed by atoms with van der Waals surface area (Å²) in [6.45, 7) is 6.92. The average molecular weight is 485 g/mol. The predicted octanol–water partition coefficient (Wildman–Crippen LogP) is 3.15. The number of hydrogen-bond acceptors (Lipinski definition) is 3. The zero-order chi connectivity index (χ0) is 17.8. The molecule has 0 saturated heterocycles. The summed E-state index contributed by atoms with van der Waals surface area (Å²) in [6, 6.07) is 0. The van der Waals surface area contributed by atoms with E-state index in [-0.39, 0.29) is 35.1 Å². The molecule has 148 valence electrons. The van der Waals surface area contributed by atoms with E-state index in [1.807, 2.05) is 0 Å². The van der Waals surface area contributed by atoms with Crippen molar-refractivity contribution in [3.05, 3.63) is 0 Å². The molecule has 0 heterocycles. The summed E-state index contributed by atoms with van der Waals surface area (Å²) in [4.78, 5) is 7.02. The van der Waals surface area contributed by atoms with Crippen LogP contribution in [0.4, 0.5) is 0 Å². The van der Waals surface area contributed by atoms with E-state index in [0.29, 0.717) is 6.54 Å². The van der Waals surface area contributed by atoms with E-state index >= 15 is 0 Å². The van der Waals surface area contributed by atoms with Gasteiger partial charge in [-0.2, -0.15) is 0 Å². The van der Waals surface area contributed by atoms with Crippen LogP contribution in [-0.4, -0.2) is 58.0 Å². The fourth-order valence-electron chi connectivity index (χ4n) is 3.78. The van der Waals surface area contributed by atoms with Crippen LogP contribution in [-0.2, 0) is 9.84 Å². The second-order valence-electron chi connectivity index (χ2n) is 8.25. The topological polar surface area (TPSA) is 61.8 Å². The van der Waals surface area contributed by atoms with Crippen LogP contribution in [0.2, 0.25) is 0 Å². The van der Waals surface area contributed by atoms with Gasteiger partial charge in [-0.1, -0.05) is 19.8 Å². The molecule has 0 aromatic carbocycles. The van der Waals surface area contributed by atoms with Crippen molar-refractivity contribution in [2.24, 2.45) is 22.2 Å². The molecule has 0 aromatic rings. The summed E-state index contributed by atoms with van der Waals surface area (Å²) in [5.41, 5.74) is -0.102. The Morgan fingerprint density at radius 1 is 1.24 bits per heavy atom. The first-order valence-electron chi connectivity index (χ1n) is 9.40. The van der Waals surface area contributed by atoms with Crippen molar-refractivity contribution in [1.29, 1.82) is 0 Å². The summed E-state index contributed by atoms with van der Waals surface area (Å²) < 4.78 is 23.2. The van der Waals surface area contributed by atoms with E-state index in [9.17, 15) is 8.42 Å². The molecule has 0 amide bonds. The molecule has 2 aliphatic rings. The van der Waals surface area contributed by atoms with Crippen molar-refractivity contribution in [2.75, 3.05) is 38.7 Å². The molecule has 0 unspecified atom stereocenters. The lowest BCUT2D eigenvalue weighted by Gasteiger charge is -2.31. The van der Waals surface area contributed by atoms with Crippen LogP contribution in [0.25, 0.3) is 0 Å². The summed E-state index contributed by atoms with van der Waals surface area (Å²) in [7, 11) is -0.824. The Balaban J connectivity index is 0.00000312. The Bertz CT molecular complexity index is 539. The molecule has 5 nitrogen and oxygen atoms in total. The van der Waals surface area contributed by atoms with Crippen LogP contribution in [0.1, 0.15) is 52.4 Å². The minimum Gasteiger partial charge on any atom is -0.357 e. The minimum absolute atomic E-state index is 0. The maximum atomic E-state index is 11.6. The molecule has 2 rings (SSSR count). The highest BCUT2D eigenvalue weighted by Gasteiger charge is 2.45. The zero-order valence-corrected chi connectivity index (χ0v) is 19.4. The number of guanidine groups is 1. The maximum Gasteiger partial charge on any atom is 0.193 e. The summed E-state index contributed by atoms with van der Waals surface area (Å²) in [5.74, 6) is 2.82. The number of hydrogen-bond donors (Lipinski definition) is 1. The molecule has 1 N–H and O–H groups in total. The minimum atomic E-state index is -2.93. The lowest BCUT2D eigenvalue weighted by molar-refractivity contribution is 0.250. The van der Waals surface area contributed by atoms with Gasteiger partial charge in [0.2, 0.25) is 0 Å². The first kappa shape index (κ1) is 23.0. The van der Waals surface area contributed by atoms with E-state index in [1.165, 1.54) is 31.9 Å². The number of sulfone groups is 1. The molecule has 2 saturated carbocycles. The van der Waals surface area contributed by atoms with Crippen molar-refractivity contribution < 1.29 is 8.42 Å². The van der Waals surface area contributed by atoms with E-state index in [2.05, 4.69) is 31.1 Å². The van der Waals surface area contributed by atoms with Gasteiger partial charge in [-0.3, -0.25) is 4.99 Å². The highest BCUT2D eigenvalue weighted by atomic mass is 127. The molecule has 7 heteroatoms. The standard InChI is InChI=1S/C18H35N3O2S.HI/c1-5-19-17(20-13-18(10-11-18)14-24(4,22)23)21(3)12-16-8-6-15(2)7-9-16;/h15-16H,5-14H2,1-4H3,(H,19,20);1H. The number of aliphatic imine (C=N–C) groups is 1. The van der Waals surface area contributed by atoms with Crippen molar-refractivity contribution in [3.63, 3.8) is 0 Å². The Morgan fingerprint density at radius 3 is 2.32 bits per heavy atom. The zero-order valence-electron chi connectivity index (χ0n) is 16.3. The smallest absolute Gasteiger partial charge is 0.193 e. The molecule has 0 radical (unpaired) electrons. The first-order valence-corrected chi connectivity index (χ1v) is 11.5. The normalized spacial score (nSPS) is 25.8. The van der Waals surface area contributed by atoms with Crippen molar-refractivity contribution in [2.45, 2.75) is 52.4 Å². The fraction of sp³-hybridized carbons (Fsp3) is 0.944. The van der Waals surface area contributed by atoms with Gasteiger partial charge >= 0.3 is 0 Å². The molecule has 0 aromatic heterocycles. The molecule has 0 spiro atoms. The summed E-state index contributed by atoms with van der Waals surface area (Å²) in [5, 5.41) is 3.37. The Hall–Kier alpha value is -0.0500. The lowest BCUT2D eigenvalue weighted by atomic mass is 9.83. The second-order valence-corrected chi connectivity index (χ2v) is 10.4. The van der Waals surface area contributed by atoms with Gasteiger partial charge < -0.3 is 10.2 Å². The third-order valence-electron chi connectivity index (χ3n) is 5.45. The molecule has 2 aliphatic carbocycles. The highest BCUT2D eigenvalue weighted by Crippen LogP contribution is 2.46. The van der Waals surface area contributed by atoms with E-state index in [1.54, 1.807) is 0 Å². The quantitative estimate of drug-likeness (QED) is 0.342. The number of nitrogens with one attached hydrogen (secondary N) is 1. The number of nitrogens with zero attached hydrogens (tertiary/aromatic N) is 2. The van der Waals surface area contributed by atoms with Crippen LogP contribution < -0.4 is 5.32 Å². The average Bonchev–Trinajstić information content (AvgIpc) is 3.23. The van der Waals surface area contributed by atoms with Gasteiger partial charge in [0.05, 0.1) is 5.75 Å². The van der Waals surface area contributed by atoms with Gasteiger partial charge in [-0.15, -0.1) is 24.0 Å². The molecule has 0 bridgehead atoms. The van der Waals surface area contributed by atoms with Gasteiger partial charge in [-0.05, 0) is 44.4 Å². The predicted molar refractivity (Wildman–Crippen MR) is 117 cm³/mol. The molecular formula is C18H36IN3O2S. The first-order chi connectivity index (χ1) is 11.2. The van der Waals surface area contributed by atoms with Crippen LogP contribution in [0.3, 0.4) is 0 Å². The van der Waals surface area contributed by atoms with Crippen LogP contribution in [0, 0.1) is 17.3 Å². The number of halogens is 1. The van der Waals surface area contributed by atoms with Crippen molar-refractivity contribution in [1.82, 2.24) is 10.2 Å². The molecule has 25 heavy (non-hydrogen) atoms. The summed E-state index contributed by atoms with van der Waals surface area (Å²) >= 11 is 0. The highest BCUT2D eigenvalue weighted by molar-refractivity contribution is 14.0. The van der Waals surface area contributed by atoms with Crippen LogP contribution in [0.15, 0.2) is 4.99 Å². The Morgan fingerprint density at radius 2 is 1.84 bits per heavy atom.